The molecular weight excluding hydrogens is 410 g/mol. The number of nitrogens with two attached hydrogens (primary N) is 1. The van der Waals surface area contributed by atoms with E-state index in [0.717, 1.165) is 78.6 Å². The van der Waals surface area contributed by atoms with Crippen LogP contribution >= 0.6 is 11.3 Å². The maximum absolute atomic E-state index is 12.0. The van der Waals surface area contributed by atoms with Crippen LogP contribution < -0.4 is 11.1 Å². The number of carbonyl (C=O) groups is 1. The Morgan fingerprint density at radius 2 is 2.00 bits per heavy atom. The Hall–Kier alpha value is -2.55. The molecule has 0 unspecified atom stereocenters. The monoisotopic (exact) mass is 437 g/mol. The quantitative estimate of drug-likeness (QED) is 0.615. The summed E-state index contributed by atoms with van der Waals surface area (Å²) in [7, 11) is 0. The number of nitrogens with one attached hydrogen (secondary N) is 1. The van der Waals surface area contributed by atoms with Gasteiger partial charge in [-0.1, -0.05) is 36.8 Å². The lowest BCUT2D eigenvalue weighted by Gasteiger charge is -2.26. The molecule has 0 bridgehead atoms. The van der Waals surface area contributed by atoms with Gasteiger partial charge in [0.1, 0.15) is 16.5 Å². The van der Waals surface area contributed by atoms with Crippen LogP contribution in [0.3, 0.4) is 0 Å². The number of carbonyl (C=O) groups excluding carboxylic acids is 1. The number of rotatable bonds is 6. The van der Waals surface area contributed by atoms with Crippen molar-refractivity contribution in [2.75, 3.05) is 31.6 Å². The summed E-state index contributed by atoms with van der Waals surface area (Å²) in [6, 6.07) is 10.3. The maximum atomic E-state index is 12.0. The standard InChI is InChI=1S/C23H27N5O2S/c24-21(29)16-7-4-8-18(16)25-22-20-17(15-5-2-1-3-6-15)14-31-23(20)27-19(26-22)13-28-9-11-30-12-10-28/h1-3,5-6,14,16,18H,4,7-13H2,(H2,24,29)(H,25,26,27)/t16-,18-/m1/s1. The summed E-state index contributed by atoms with van der Waals surface area (Å²) in [5.74, 6) is 1.22. The average Bonchev–Trinajstić information content (AvgIpc) is 3.42. The second kappa shape index (κ2) is 8.90. The molecule has 1 saturated heterocycles. The number of anilines is 1. The van der Waals surface area contributed by atoms with Crippen LogP contribution in [0.25, 0.3) is 21.3 Å². The minimum absolute atomic E-state index is 0.00959. The number of hydrogen-bond acceptors (Lipinski definition) is 7. The number of fused-ring (bicyclic) bond motifs is 1. The predicted octanol–water partition coefficient (Wildman–Crippen LogP) is 3.26. The number of morpholine rings is 1. The Balaban J connectivity index is 1.55. The largest absolute Gasteiger partial charge is 0.379 e. The van der Waals surface area contributed by atoms with Gasteiger partial charge in [-0.05, 0) is 18.4 Å². The van der Waals surface area contributed by atoms with Gasteiger partial charge >= 0.3 is 0 Å². The highest BCUT2D eigenvalue weighted by atomic mass is 32.1. The number of primary amides is 1. The number of benzene rings is 1. The topological polar surface area (TPSA) is 93.4 Å². The van der Waals surface area contributed by atoms with E-state index in [0.29, 0.717) is 6.54 Å². The van der Waals surface area contributed by atoms with Crippen molar-refractivity contribution in [2.24, 2.45) is 11.7 Å². The molecule has 5 rings (SSSR count). The predicted molar refractivity (Wildman–Crippen MR) is 123 cm³/mol. The molecule has 0 radical (unpaired) electrons. The number of aromatic nitrogens is 2. The van der Waals surface area contributed by atoms with Gasteiger partial charge in [-0.15, -0.1) is 11.3 Å². The Labute approximate surface area is 185 Å². The summed E-state index contributed by atoms with van der Waals surface area (Å²) in [4.78, 5) is 25.1. The van der Waals surface area contributed by atoms with Gasteiger partial charge in [0.15, 0.2) is 0 Å². The zero-order valence-electron chi connectivity index (χ0n) is 17.4. The van der Waals surface area contributed by atoms with Gasteiger partial charge in [-0.25, -0.2) is 9.97 Å². The minimum Gasteiger partial charge on any atom is -0.379 e. The summed E-state index contributed by atoms with van der Waals surface area (Å²) < 4.78 is 5.47. The third-order valence-corrected chi connectivity index (χ3v) is 7.11. The number of hydrogen-bond donors (Lipinski definition) is 2. The van der Waals surface area contributed by atoms with Crippen LogP contribution in [0.5, 0.6) is 0 Å². The summed E-state index contributed by atoms with van der Waals surface area (Å²) >= 11 is 1.64. The van der Waals surface area contributed by atoms with Gasteiger partial charge < -0.3 is 15.8 Å². The fourth-order valence-electron chi connectivity index (χ4n) is 4.60. The first-order valence-corrected chi connectivity index (χ1v) is 11.8. The van der Waals surface area contributed by atoms with Crippen LogP contribution in [0.4, 0.5) is 5.82 Å². The molecular formula is C23H27N5O2S. The molecule has 1 aliphatic carbocycles. The van der Waals surface area contributed by atoms with E-state index in [1.807, 2.05) is 18.2 Å². The van der Waals surface area contributed by atoms with Crippen LogP contribution in [0.1, 0.15) is 25.1 Å². The van der Waals surface area contributed by atoms with Gasteiger partial charge in [0.05, 0.1) is 31.1 Å². The van der Waals surface area contributed by atoms with Crippen molar-refractivity contribution in [1.29, 1.82) is 0 Å². The molecule has 1 saturated carbocycles. The Kier molecular flexibility index (Phi) is 5.85. The van der Waals surface area contributed by atoms with Crippen molar-refractivity contribution in [2.45, 2.75) is 31.8 Å². The molecule has 3 heterocycles. The zero-order chi connectivity index (χ0) is 21.2. The fourth-order valence-corrected chi connectivity index (χ4v) is 5.57. The Morgan fingerprint density at radius 3 is 2.77 bits per heavy atom. The van der Waals surface area contributed by atoms with E-state index in [9.17, 15) is 4.79 Å². The smallest absolute Gasteiger partial charge is 0.222 e. The molecule has 2 aromatic heterocycles. The van der Waals surface area contributed by atoms with E-state index in [4.69, 9.17) is 20.4 Å². The molecule has 0 spiro atoms. The second-order valence-corrected chi connectivity index (χ2v) is 9.12. The second-order valence-electron chi connectivity index (χ2n) is 8.26. The Bertz CT molecular complexity index is 1060. The van der Waals surface area contributed by atoms with Crippen LogP contribution in [0.15, 0.2) is 35.7 Å². The highest BCUT2D eigenvalue weighted by Gasteiger charge is 2.32. The van der Waals surface area contributed by atoms with Crippen molar-refractivity contribution < 1.29 is 9.53 Å². The highest BCUT2D eigenvalue weighted by molar-refractivity contribution is 7.17. The van der Waals surface area contributed by atoms with Crippen LogP contribution in [0.2, 0.25) is 0 Å². The molecule has 2 fully saturated rings. The van der Waals surface area contributed by atoms with Crippen molar-refractivity contribution in [3.8, 4) is 11.1 Å². The summed E-state index contributed by atoms with van der Waals surface area (Å²) in [5, 5.41) is 6.78. The van der Waals surface area contributed by atoms with E-state index >= 15 is 0 Å². The lowest BCUT2D eigenvalue weighted by molar-refractivity contribution is -0.121. The molecule has 8 heteroatoms. The van der Waals surface area contributed by atoms with Gasteiger partial charge in [0.2, 0.25) is 5.91 Å². The molecule has 7 nitrogen and oxygen atoms in total. The Morgan fingerprint density at radius 1 is 1.19 bits per heavy atom. The third kappa shape index (κ3) is 4.28. The van der Waals surface area contributed by atoms with Crippen molar-refractivity contribution in [1.82, 2.24) is 14.9 Å². The molecule has 1 aliphatic heterocycles. The number of amides is 1. The first-order chi connectivity index (χ1) is 15.2. The molecule has 3 N–H and O–H groups in total. The highest BCUT2D eigenvalue weighted by Crippen LogP contribution is 2.38. The van der Waals surface area contributed by atoms with Crippen LogP contribution in [-0.2, 0) is 16.1 Å². The number of ether oxygens (including phenoxy) is 1. The first kappa shape index (κ1) is 20.4. The van der Waals surface area contributed by atoms with Gasteiger partial charge in [-0.2, -0.15) is 0 Å². The van der Waals surface area contributed by atoms with Gasteiger partial charge in [-0.3, -0.25) is 9.69 Å². The van der Waals surface area contributed by atoms with E-state index in [1.165, 1.54) is 0 Å². The van der Waals surface area contributed by atoms with Crippen molar-refractivity contribution >= 4 is 33.3 Å². The van der Waals surface area contributed by atoms with Gasteiger partial charge in [0.25, 0.3) is 0 Å². The first-order valence-electron chi connectivity index (χ1n) is 10.9. The average molecular weight is 438 g/mol. The fraction of sp³-hybridized carbons (Fsp3) is 0.435. The van der Waals surface area contributed by atoms with E-state index < -0.39 is 0 Å². The van der Waals surface area contributed by atoms with E-state index in [2.05, 4.69) is 27.7 Å². The minimum atomic E-state index is -0.234. The number of thiophene rings is 1. The summed E-state index contributed by atoms with van der Waals surface area (Å²) in [5.41, 5.74) is 7.94. The van der Waals surface area contributed by atoms with Crippen molar-refractivity contribution in [3.05, 3.63) is 41.5 Å². The molecule has 2 atom stereocenters. The molecule has 2 aliphatic rings. The lowest BCUT2D eigenvalue weighted by atomic mass is 10.0. The molecule has 1 aromatic carbocycles. The normalized spacial score (nSPS) is 22.1. The van der Waals surface area contributed by atoms with Crippen molar-refractivity contribution in [3.63, 3.8) is 0 Å². The molecule has 162 valence electrons. The maximum Gasteiger partial charge on any atom is 0.222 e. The summed E-state index contributed by atoms with van der Waals surface area (Å²) in [6.07, 6.45) is 2.75. The zero-order valence-corrected chi connectivity index (χ0v) is 18.2. The third-order valence-electron chi connectivity index (χ3n) is 6.24. The SMILES string of the molecule is NC(=O)[C@@H]1CCC[C@H]1Nc1nc(CN2CCOCC2)nc2scc(-c3ccccc3)c12. The molecule has 3 aromatic rings. The number of nitrogens with zero attached hydrogens (tertiary/aromatic N) is 3. The lowest BCUT2D eigenvalue weighted by Crippen LogP contribution is -2.36. The van der Waals surface area contributed by atoms with E-state index in [1.54, 1.807) is 11.3 Å². The van der Waals surface area contributed by atoms with Crippen LogP contribution in [0, 0.1) is 5.92 Å². The molecule has 31 heavy (non-hydrogen) atoms. The molecule has 1 amide bonds. The summed E-state index contributed by atoms with van der Waals surface area (Å²) in [6.45, 7) is 3.95. The van der Waals surface area contributed by atoms with Gasteiger partial charge in [0, 0.05) is 30.1 Å². The van der Waals surface area contributed by atoms with Crippen LogP contribution in [-0.4, -0.2) is 53.1 Å². The van der Waals surface area contributed by atoms with E-state index in [-0.39, 0.29) is 17.9 Å².